The molecule has 0 spiro atoms. The van der Waals surface area contributed by atoms with E-state index in [0.717, 1.165) is 43.4 Å². The van der Waals surface area contributed by atoms with Gasteiger partial charge < -0.3 is 21.1 Å². The number of aromatic nitrogens is 1. The molecule has 1 aromatic heterocycles. The molecular weight excluding hydrogens is 457 g/mol. The van der Waals surface area contributed by atoms with Crippen LogP contribution in [-0.4, -0.2) is 36.3 Å². The maximum Gasteiger partial charge on any atom is 0.573 e. The van der Waals surface area contributed by atoms with E-state index in [0.29, 0.717) is 21.9 Å². The van der Waals surface area contributed by atoms with Gasteiger partial charge in [0, 0.05) is 19.0 Å². The minimum absolute atomic E-state index is 0.103. The van der Waals surface area contributed by atoms with E-state index >= 15 is 0 Å². The van der Waals surface area contributed by atoms with E-state index < -0.39 is 6.36 Å². The molecular formula is C22H31F3N4O3S. The SMILES string of the molecule is CCC.NCC(=O)NCC1(CC(=O)Nc2nc3ccc(OC(F)(F)F)cc3s2)CCCCC1. The van der Waals surface area contributed by atoms with Crippen molar-refractivity contribution in [2.24, 2.45) is 11.1 Å². The monoisotopic (exact) mass is 488 g/mol. The van der Waals surface area contributed by atoms with Gasteiger partial charge in [0.25, 0.3) is 0 Å². The van der Waals surface area contributed by atoms with E-state index in [4.69, 9.17) is 5.73 Å². The second-order valence-electron chi connectivity index (χ2n) is 8.17. The number of rotatable bonds is 7. The molecule has 2 aromatic rings. The van der Waals surface area contributed by atoms with E-state index in [1.54, 1.807) is 0 Å². The summed E-state index contributed by atoms with van der Waals surface area (Å²) in [6.45, 7) is 4.53. The van der Waals surface area contributed by atoms with Crippen LogP contribution in [-0.2, 0) is 9.59 Å². The molecule has 0 saturated heterocycles. The largest absolute Gasteiger partial charge is 0.573 e. The number of thiazole rings is 1. The third-order valence-electron chi connectivity index (χ3n) is 5.14. The lowest BCUT2D eigenvalue weighted by atomic mass is 9.71. The van der Waals surface area contributed by atoms with Crippen molar-refractivity contribution < 1.29 is 27.5 Å². The van der Waals surface area contributed by atoms with Crippen LogP contribution in [0.5, 0.6) is 5.75 Å². The molecule has 1 fully saturated rings. The molecule has 3 rings (SSSR count). The summed E-state index contributed by atoms with van der Waals surface area (Å²) < 4.78 is 41.5. The highest BCUT2D eigenvalue weighted by Crippen LogP contribution is 2.39. The van der Waals surface area contributed by atoms with Crippen molar-refractivity contribution >= 4 is 38.5 Å². The number of amides is 2. The Morgan fingerprint density at radius 1 is 1.18 bits per heavy atom. The van der Waals surface area contributed by atoms with Gasteiger partial charge >= 0.3 is 6.36 Å². The number of benzene rings is 1. The predicted molar refractivity (Wildman–Crippen MR) is 123 cm³/mol. The minimum atomic E-state index is -4.77. The third kappa shape index (κ3) is 8.81. The van der Waals surface area contributed by atoms with Crippen LogP contribution in [0.15, 0.2) is 18.2 Å². The lowest BCUT2D eigenvalue weighted by Crippen LogP contribution is -2.43. The van der Waals surface area contributed by atoms with Gasteiger partial charge in [-0.05, 0) is 30.4 Å². The van der Waals surface area contributed by atoms with Gasteiger partial charge in [0.1, 0.15) is 5.75 Å². The van der Waals surface area contributed by atoms with Crippen molar-refractivity contribution in [3.63, 3.8) is 0 Å². The molecule has 0 bridgehead atoms. The van der Waals surface area contributed by atoms with E-state index in [1.165, 1.54) is 24.6 Å². The Balaban J connectivity index is 0.00000122. The number of nitrogens with zero attached hydrogens (tertiary/aromatic N) is 1. The number of anilines is 1. The maximum atomic E-state index is 12.7. The Bertz CT molecular complexity index is 927. The van der Waals surface area contributed by atoms with Crippen LogP contribution in [0, 0.1) is 5.41 Å². The van der Waals surface area contributed by atoms with Crippen molar-refractivity contribution in [1.29, 1.82) is 0 Å². The molecule has 1 aromatic carbocycles. The van der Waals surface area contributed by atoms with Crippen LogP contribution in [0.2, 0.25) is 0 Å². The summed E-state index contributed by atoms with van der Waals surface area (Å²) >= 11 is 1.07. The number of ether oxygens (including phenoxy) is 1. The Morgan fingerprint density at radius 2 is 1.85 bits per heavy atom. The first kappa shape index (κ1) is 26.8. The number of nitrogens with two attached hydrogens (primary N) is 1. The first-order chi connectivity index (χ1) is 15.6. The van der Waals surface area contributed by atoms with Crippen molar-refractivity contribution in [3.05, 3.63) is 18.2 Å². The molecule has 1 aliphatic carbocycles. The van der Waals surface area contributed by atoms with E-state index in [-0.39, 0.29) is 35.9 Å². The van der Waals surface area contributed by atoms with Gasteiger partial charge in [0.05, 0.1) is 16.8 Å². The molecule has 7 nitrogen and oxygen atoms in total. The highest BCUT2D eigenvalue weighted by molar-refractivity contribution is 7.22. The second kappa shape index (κ2) is 12.2. The molecule has 0 unspecified atom stereocenters. The van der Waals surface area contributed by atoms with Gasteiger partial charge in [0.2, 0.25) is 11.8 Å². The fourth-order valence-electron chi connectivity index (χ4n) is 3.74. The first-order valence-corrected chi connectivity index (χ1v) is 11.8. The lowest BCUT2D eigenvalue weighted by molar-refractivity contribution is -0.274. The maximum absolute atomic E-state index is 12.7. The second-order valence-corrected chi connectivity index (χ2v) is 9.20. The molecule has 33 heavy (non-hydrogen) atoms. The van der Waals surface area contributed by atoms with Crippen LogP contribution < -0.4 is 21.1 Å². The normalized spacial score (nSPS) is 15.3. The molecule has 0 radical (unpaired) electrons. The van der Waals surface area contributed by atoms with Crippen molar-refractivity contribution in [1.82, 2.24) is 10.3 Å². The highest BCUT2D eigenvalue weighted by Gasteiger charge is 2.35. The summed E-state index contributed by atoms with van der Waals surface area (Å²) in [5.41, 5.74) is 5.48. The molecule has 184 valence electrons. The van der Waals surface area contributed by atoms with Crippen LogP contribution in [0.25, 0.3) is 10.2 Å². The lowest BCUT2D eigenvalue weighted by Gasteiger charge is -2.36. The Kier molecular flexibility index (Phi) is 9.90. The summed E-state index contributed by atoms with van der Waals surface area (Å²) in [4.78, 5) is 28.5. The van der Waals surface area contributed by atoms with Gasteiger partial charge in [-0.3, -0.25) is 9.59 Å². The number of fused-ring (bicyclic) bond motifs is 1. The fourth-order valence-corrected chi connectivity index (χ4v) is 4.65. The molecule has 0 aliphatic heterocycles. The topological polar surface area (TPSA) is 106 Å². The zero-order valence-electron chi connectivity index (χ0n) is 18.9. The summed E-state index contributed by atoms with van der Waals surface area (Å²) in [6.07, 6.45) is 1.39. The van der Waals surface area contributed by atoms with E-state index in [2.05, 4.69) is 34.2 Å². The molecule has 11 heteroatoms. The van der Waals surface area contributed by atoms with Gasteiger partial charge in [-0.15, -0.1) is 13.2 Å². The average molecular weight is 489 g/mol. The molecule has 0 atom stereocenters. The minimum Gasteiger partial charge on any atom is -0.406 e. The Labute approximate surface area is 195 Å². The Morgan fingerprint density at radius 3 is 2.45 bits per heavy atom. The molecule has 2 amide bonds. The zero-order chi connectivity index (χ0) is 24.5. The van der Waals surface area contributed by atoms with Crippen molar-refractivity contribution in [3.8, 4) is 5.75 Å². The number of carbonyl (C=O) groups excluding carboxylic acids is 2. The zero-order valence-corrected chi connectivity index (χ0v) is 19.7. The molecule has 1 heterocycles. The molecule has 1 saturated carbocycles. The van der Waals surface area contributed by atoms with Gasteiger partial charge in [-0.25, -0.2) is 4.98 Å². The number of hydrogen-bond donors (Lipinski definition) is 3. The van der Waals surface area contributed by atoms with E-state index in [1.807, 2.05) is 0 Å². The summed E-state index contributed by atoms with van der Waals surface area (Å²) in [5.74, 6) is -0.846. The number of hydrogen-bond acceptors (Lipinski definition) is 6. The smallest absolute Gasteiger partial charge is 0.406 e. The quantitative estimate of drug-likeness (QED) is 0.511. The summed E-state index contributed by atoms with van der Waals surface area (Å²) in [6, 6.07) is 3.83. The number of alkyl halides is 3. The number of carbonyl (C=O) groups is 2. The molecule has 1 aliphatic rings. The van der Waals surface area contributed by atoms with Crippen LogP contribution in [0.1, 0.15) is 58.8 Å². The fraction of sp³-hybridized carbons (Fsp3) is 0.591. The van der Waals surface area contributed by atoms with Gasteiger partial charge in [-0.2, -0.15) is 0 Å². The number of nitrogens with one attached hydrogen (secondary N) is 2. The number of halogens is 3. The summed E-state index contributed by atoms with van der Waals surface area (Å²) in [5, 5.41) is 5.84. The standard InChI is InChI=1S/C19H23F3N4O3S.C3H8/c20-19(21,22)29-12-4-5-13-14(8-12)30-17(25-13)26-15(27)9-18(6-2-1-3-7-18)11-24-16(28)10-23;1-3-2/h4-5,8H,1-3,6-7,9-11,23H2,(H,24,28)(H,25,26,27);3H2,1-2H3. The van der Waals surface area contributed by atoms with E-state index in [9.17, 15) is 22.8 Å². The van der Waals surface area contributed by atoms with Crippen molar-refractivity contribution in [2.45, 2.75) is 65.2 Å². The highest BCUT2D eigenvalue weighted by atomic mass is 32.1. The van der Waals surface area contributed by atoms with Crippen LogP contribution in [0.4, 0.5) is 18.3 Å². The summed E-state index contributed by atoms with van der Waals surface area (Å²) in [7, 11) is 0. The third-order valence-corrected chi connectivity index (χ3v) is 6.07. The predicted octanol–water partition coefficient (Wildman–Crippen LogP) is 4.97. The van der Waals surface area contributed by atoms with Crippen LogP contribution >= 0.6 is 11.3 Å². The van der Waals surface area contributed by atoms with Crippen molar-refractivity contribution in [2.75, 3.05) is 18.4 Å². The average Bonchev–Trinajstić information content (AvgIpc) is 3.13. The Hall–Kier alpha value is -2.40. The van der Waals surface area contributed by atoms with Crippen LogP contribution in [0.3, 0.4) is 0 Å². The molecule has 4 N–H and O–H groups in total. The van der Waals surface area contributed by atoms with Gasteiger partial charge in [0.15, 0.2) is 5.13 Å². The van der Waals surface area contributed by atoms with Gasteiger partial charge in [-0.1, -0.05) is 50.9 Å². The first-order valence-electron chi connectivity index (χ1n) is 11.0.